The Morgan fingerprint density at radius 3 is 2.76 bits per heavy atom. The van der Waals surface area contributed by atoms with Gasteiger partial charge in [0.1, 0.15) is 17.1 Å². The number of hydrogen-bond donors (Lipinski definition) is 2. The molecule has 0 bridgehead atoms. The van der Waals surface area contributed by atoms with Crippen molar-refractivity contribution in [1.82, 2.24) is 15.3 Å². The molecule has 1 aromatic rings. The van der Waals surface area contributed by atoms with E-state index in [9.17, 15) is 18.0 Å². The van der Waals surface area contributed by atoms with E-state index in [0.29, 0.717) is 11.4 Å². The Hall–Kier alpha value is -2.51. The molecule has 1 saturated heterocycles. The molecular weight excluding hydrogens is 478 g/mol. The van der Waals surface area contributed by atoms with Gasteiger partial charge in [-0.15, -0.1) is 0 Å². The van der Waals surface area contributed by atoms with Crippen LogP contribution in [0.1, 0.15) is 23.1 Å². The molecule has 8 nitrogen and oxygen atoms in total. The van der Waals surface area contributed by atoms with Gasteiger partial charge in [-0.25, -0.2) is 9.37 Å². The smallest absolute Gasteiger partial charge is 0.379 e. The van der Waals surface area contributed by atoms with Crippen LogP contribution in [0, 0.1) is 17.8 Å². The summed E-state index contributed by atoms with van der Waals surface area (Å²) in [7, 11) is 1.50. The normalized spacial score (nSPS) is 31.3. The van der Waals surface area contributed by atoms with Crippen LogP contribution in [0.5, 0.6) is 0 Å². The van der Waals surface area contributed by atoms with Gasteiger partial charge in [-0.3, -0.25) is 14.8 Å². The van der Waals surface area contributed by atoms with Gasteiger partial charge in [0, 0.05) is 36.3 Å². The van der Waals surface area contributed by atoms with Crippen LogP contribution in [0.15, 0.2) is 41.1 Å². The fourth-order valence-electron chi connectivity index (χ4n) is 4.74. The average Bonchev–Trinajstić information content (AvgIpc) is 3.16. The van der Waals surface area contributed by atoms with Crippen LogP contribution in [-0.4, -0.2) is 58.3 Å². The van der Waals surface area contributed by atoms with E-state index < -0.39 is 53.9 Å². The number of carbonyl (C=O) groups excluding carboxylic acids is 1. The highest BCUT2D eigenvalue weighted by Gasteiger charge is 2.65. The van der Waals surface area contributed by atoms with E-state index in [4.69, 9.17) is 15.2 Å². The molecule has 184 valence electrons. The first-order valence-corrected chi connectivity index (χ1v) is 11.4. The maximum atomic E-state index is 15.2. The Balaban J connectivity index is 1.60. The minimum Gasteiger partial charge on any atom is -0.379 e. The molecule has 3 N–H and O–H groups in total. The van der Waals surface area contributed by atoms with E-state index in [1.54, 1.807) is 6.92 Å². The fraction of sp³-hybridized carbons (Fsp3) is 0.524. The second-order valence-electron chi connectivity index (χ2n) is 8.35. The zero-order chi connectivity index (χ0) is 24.7. The summed E-state index contributed by atoms with van der Waals surface area (Å²) in [4.78, 5) is 25.2. The zero-order valence-corrected chi connectivity index (χ0v) is 19.1. The third-order valence-corrected chi connectivity index (χ3v) is 7.20. The molecule has 4 rings (SSSR count). The van der Waals surface area contributed by atoms with Gasteiger partial charge >= 0.3 is 6.18 Å². The number of alkyl halides is 3. The number of thioether (sulfide) groups is 1. The highest BCUT2D eigenvalue weighted by atomic mass is 32.2. The second kappa shape index (κ2) is 9.27. The first-order chi connectivity index (χ1) is 16.1. The number of carbonyl (C=O) groups is 1. The number of halogens is 4. The Labute approximate surface area is 197 Å². The number of aromatic nitrogens is 2. The number of amidine groups is 1. The number of methoxy groups -OCH3 is 1. The monoisotopic (exact) mass is 501 g/mol. The fourth-order valence-corrected chi connectivity index (χ4v) is 5.79. The molecule has 2 aliphatic heterocycles. The molecule has 1 aromatic heterocycles. The Morgan fingerprint density at radius 1 is 1.35 bits per heavy atom. The number of ether oxygens (including phenoxy) is 2. The van der Waals surface area contributed by atoms with Crippen molar-refractivity contribution in [2.24, 2.45) is 28.5 Å². The van der Waals surface area contributed by atoms with Crippen molar-refractivity contribution in [3.05, 3.63) is 47.5 Å². The molecule has 5 unspecified atom stereocenters. The maximum absolute atomic E-state index is 15.2. The first kappa shape index (κ1) is 24.6. The van der Waals surface area contributed by atoms with Crippen molar-refractivity contribution in [2.75, 3.05) is 19.5 Å². The topological polar surface area (TPSA) is 112 Å². The van der Waals surface area contributed by atoms with Gasteiger partial charge in [-0.2, -0.15) is 13.2 Å². The maximum Gasteiger partial charge on any atom is 0.415 e. The van der Waals surface area contributed by atoms with Crippen LogP contribution in [-0.2, 0) is 16.1 Å². The Morgan fingerprint density at radius 2 is 2.12 bits per heavy atom. The molecule has 1 amide bonds. The number of nitrogens with two attached hydrogens (primary N) is 1. The predicted molar refractivity (Wildman–Crippen MR) is 116 cm³/mol. The zero-order valence-electron chi connectivity index (χ0n) is 18.3. The van der Waals surface area contributed by atoms with Crippen LogP contribution in [0.4, 0.5) is 17.6 Å². The van der Waals surface area contributed by atoms with Gasteiger partial charge in [-0.1, -0.05) is 18.7 Å². The van der Waals surface area contributed by atoms with Gasteiger partial charge in [0.2, 0.25) is 0 Å². The van der Waals surface area contributed by atoms with Crippen molar-refractivity contribution >= 4 is 22.8 Å². The van der Waals surface area contributed by atoms with Crippen molar-refractivity contribution < 1.29 is 31.8 Å². The number of nitrogens with one attached hydrogen (secondary N) is 1. The number of aliphatic imine (C=N–C) groups is 1. The SMILES string of the molecule is COCc1cnc(C(=O)NC2=CC=C(F)C(C34COC(C(F)(F)F)C3CSC(N)=N4)C2C)cn1. The number of allylic oxidation sites excluding steroid dienone is 3. The molecule has 1 fully saturated rings. The summed E-state index contributed by atoms with van der Waals surface area (Å²) in [6.07, 6.45) is -1.52. The number of hydrogen-bond acceptors (Lipinski definition) is 8. The van der Waals surface area contributed by atoms with E-state index >= 15 is 4.39 Å². The van der Waals surface area contributed by atoms with Gasteiger partial charge < -0.3 is 20.5 Å². The van der Waals surface area contributed by atoms with Crippen LogP contribution < -0.4 is 11.1 Å². The molecule has 0 spiro atoms. The molecule has 1 aliphatic carbocycles. The van der Waals surface area contributed by atoms with Crippen molar-refractivity contribution in [2.45, 2.75) is 31.3 Å². The molecule has 5 atom stereocenters. The van der Waals surface area contributed by atoms with E-state index in [-0.39, 0.29) is 23.2 Å². The van der Waals surface area contributed by atoms with Crippen LogP contribution in [0.3, 0.4) is 0 Å². The summed E-state index contributed by atoms with van der Waals surface area (Å²) in [5, 5.41) is 2.76. The number of amides is 1. The summed E-state index contributed by atoms with van der Waals surface area (Å²) < 4.78 is 66.3. The van der Waals surface area contributed by atoms with Gasteiger partial charge in [0.25, 0.3) is 5.91 Å². The van der Waals surface area contributed by atoms with Crippen LogP contribution in [0.25, 0.3) is 0 Å². The van der Waals surface area contributed by atoms with Crippen LogP contribution >= 0.6 is 11.8 Å². The van der Waals surface area contributed by atoms with E-state index in [2.05, 4.69) is 20.3 Å². The van der Waals surface area contributed by atoms with E-state index in [1.165, 1.54) is 25.6 Å². The van der Waals surface area contributed by atoms with Crippen molar-refractivity contribution in [3.63, 3.8) is 0 Å². The van der Waals surface area contributed by atoms with E-state index in [1.807, 2.05) is 0 Å². The summed E-state index contributed by atoms with van der Waals surface area (Å²) >= 11 is 0.990. The molecule has 0 saturated carbocycles. The third kappa shape index (κ3) is 4.43. The Kier molecular flexibility index (Phi) is 6.71. The molecule has 0 radical (unpaired) electrons. The molecule has 3 aliphatic rings. The van der Waals surface area contributed by atoms with Crippen molar-refractivity contribution in [3.8, 4) is 0 Å². The predicted octanol–water partition coefficient (Wildman–Crippen LogP) is 2.73. The number of rotatable bonds is 5. The summed E-state index contributed by atoms with van der Waals surface area (Å²) in [5.41, 5.74) is 5.19. The lowest BCUT2D eigenvalue weighted by Crippen LogP contribution is -2.54. The highest BCUT2D eigenvalue weighted by Crippen LogP contribution is 2.54. The minimum absolute atomic E-state index is 0.00910. The minimum atomic E-state index is -4.63. The van der Waals surface area contributed by atoms with Crippen molar-refractivity contribution in [1.29, 1.82) is 0 Å². The second-order valence-corrected chi connectivity index (χ2v) is 9.39. The largest absolute Gasteiger partial charge is 0.415 e. The van der Waals surface area contributed by atoms with Crippen LogP contribution in [0.2, 0.25) is 0 Å². The molecular formula is C21H23F4N5O3S. The number of fused-ring (bicyclic) bond motifs is 1. The average molecular weight is 502 g/mol. The first-order valence-electron chi connectivity index (χ1n) is 10.4. The molecule has 0 aromatic carbocycles. The lowest BCUT2D eigenvalue weighted by molar-refractivity contribution is -0.215. The lowest BCUT2D eigenvalue weighted by Gasteiger charge is -2.44. The van der Waals surface area contributed by atoms with Gasteiger partial charge in [0.05, 0.1) is 31.3 Å². The highest BCUT2D eigenvalue weighted by molar-refractivity contribution is 8.13. The van der Waals surface area contributed by atoms with Gasteiger partial charge in [0.15, 0.2) is 11.3 Å². The van der Waals surface area contributed by atoms with Gasteiger partial charge in [-0.05, 0) is 12.2 Å². The third-order valence-electron chi connectivity index (χ3n) is 6.29. The summed E-state index contributed by atoms with van der Waals surface area (Å²) in [5.74, 6) is -4.21. The summed E-state index contributed by atoms with van der Waals surface area (Å²) in [6, 6.07) is 0. The summed E-state index contributed by atoms with van der Waals surface area (Å²) in [6.45, 7) is 1.42. The quantitative estimate of drug-likeness (QED) is 0.597. The Bertz CT molecular complexity index is 1050. The lowest BCUT2D eigenvalue weighted by atomic mass is 9.67. The molecule has 13 heteroatoms. The molecule has 34 heavy (non-hydrogen) atoms. The van der Waals surface area contributed by atoms with E-state index in [0.717, 1.165) is 17.8 Å². The number of nitrogens with zero attached hydrogens (tertiary/aromatic N) is 3. The molecule has 3 heterocycles. The standard InChI is InChI=1S/C21H23F4N5O3S/c1-10-14(29-18(31)15-6-27-11(5-28-15)7-32-2)4-3-13(22)16(10)20-9-33-17(21(23,24)25)12(20)8-34-19(26)30-20/h3-6,10,12,16-17H,7-9H2,1-2H3,(H2,26,30)(H,29,31).